The van der Waals surface area contributed by atoms with Crippen LogP contribution in [0.4, 0.5) is 8.78 Å². The first-order valence-corrected chi connectivity index (χ1v) is 9.91. The molecule has 3 heterocycles. The van der Waals surface area contributed by atoms with Gasteiger partial charge in [-0.1, -0.05) is 18.2 Å². The molecule has 162 valence electrons. The number of aliphatic imine (C=N–C) groups is 1. The number of nitrogens with two attached hydrogens (primary N) is 1. The number of carbonyl (C=O) groups excluding carboxylic acids is 1. The van der Waals surface area contributed by atoms with Gasteiger partial charge in [-0.25, -0.2) is 14.4 Å². The number of halogens is 2. The average Bonchev–Trinajstić information content (AvgIpc) is 3.29. The number of aliphatic hydroxyl groups is 1. The van der Waals surface area contributed by atoms with Gasteiger partial charge in [-0.3, -0.25) is 9.69 Å². The second-order valence-corrected chi connectivity index (χ2v) is 7.59. The Morgan fingerprint density at radius 2 is 2.13 bits per heavy atom. The SMILES string of the molecule is CN1C(=O)C(C2=CN(CCF)C(CO)C2)(c2cccc(-c3cccnc3F)c2)N=C1N. The van der Waals surface area contributed by atoms with Gasteiger partial charge in [-0.15, -0.1) is 0 Å². The topological polar surface area (TPSA) is 95.0 Å². The number of amides is 1. The summed E-state index contributed by atoms with van der Waals surface area (Å²) in [5.41, 5.74) is 6.49. The van der Waals surface area contributed by atoms with E-state index in [-0.39, 0.29) is 31.1 Å². The van der Waals surface area contributed by atoms with Crippen LogP contribution in [0.25, 0.3) is 11.1 Å². The molecule has 9 heteroatoms. The van der Waals surface area contributed by atoms with Crippen LogP contribution >= 0.6 is 0 Å². The smallest absolute Gasteiger partial charge is 0.266 e. The molecule has 31 heavy (non-hydrogen) atoms. The summed E-state index contributed by atoms with van der Waals surface area (Å²) in [7, 11) is 1.53. The van der Waals surface area contributed by atoms with E-state index in [1.807, 2.05) is 0 Å². The van der Waals surface area contributed by atoms with Gasteiger partial charge in [-0.2, -0.15) is 4.39 Å². The van der Waals surface area contributed by atoms with Crippen LogP contribution in [0.2, 0.25) is 0 Å². The van der Waals surface area contributed by atoms with Crippen molar-refractivity contribution in [2.24, 2.45) is 10.7 Å². The van der Waals surface area contributed by atoms with Gasteiger partial charge in [0.25, 0.3) is 5.91 Å². The lowest BCUT2D eigenvalue weighted by Gasteiger charge is -2.27. The maximum Gasteiger partial charge on any atom is 0.266 e. The highest BCUT2D eigenvalue weighted by molar-refractivity contribution is 6.09. The van der Waals surface area contributed by atoms with Crippen molar-refractivity contribution in [3.8, 4) is 11.1 Å². The molecule has 2 aliphatic heterocycles. The Kier molecular flexibility index (Phi) is 5.45. The van der Waals surface area contributed by atoms with Crippen molar-refractivity contribution in [3.63, 3.8) is 0 Å². The van der Waals surface area contributed by atoms with E-state index in [1.165, 1.54) is 18.1 Å². The summed E-state index contributed by atoms with van der Waals surface area (Å²) in [6.45, 7) is -0.697. The third-order valence-corrected chi connectivity index (χ3v) is 5.85. The minimum atomic E-state index is -1.47. The molecule has 7 nitrogen and oxygen atoms in total. The molecule has 0 bridgehead atoms. The summed E-state index contributed by atoms with van der Waals surface area (Å²) in [6, 6.07) is 9.74. The number of benzene rings is 1. The molecule has 0 saturated carbocycles. The number of hydrogen-bond donors (Lipinski definition) is 2. The Labute approximate surface area is 178 Å². The molecule has 0 spiro atoms. The molecule has 0 fully saturated rings. The minimum absolute atomic E-state index is 0.0494. The molecule has 2 atom stereocenters. The molecular formula is C22H23F2N5O2. The molecule has 0 radical (unpaired) electrons. The van der Waals surface area contributed by atoms with E-state index in [4.69, 9.17) is 5.73 Å². The maximum absolute atomic E-state index is 14.3. The van der Waals surface area contributed by atoms with E-state index < -0.39 is 18.2 Å². The largest absolute Gasteiger partial charge is 0.394 e. The van der Waals surface area contributed by atoms with Crippen molar-refractivity contribution in [1.29, 1.82) is 0 Å². The summed E-state index contributed by atoms with van der Waals surface area (Å²) in [5.74, 6) is -0.937. The molecule has 2 unspecified atom stereocenters. The Bertz CT molecular complexity index is 1070. The number of hydrogen-bond acceptors (Lipinski definition) is 6. The van der Waals surface area contributed by atoms with Crippen LogP contribution in [-0.2, 0) is 10.3 Å². The summed E-state index contributed by atoms with van der Waals surface area (Å²) in [6.07, 6.45) is 3.37. The lowest BCUT2D eigenvalue weighted by atomic mass is 9.80. The highest BCUT2D eigenvalue weighted by atomic mass is 19.1. The predicted octanol–water partition coefficient (Wildman–Crippen LogP) is 1.79. The van der Waals surface area contributed by atoms with Crippen LogP contribution in [0.1, 0.15) is 12.0 Å². The zero-order valence-electron chi connectivity index (χ0n) is 17.0. The first-order valence-electron chi connectivity index (χ1n) is 9.91. The summed E-state index contributed by atoms with van der Waals surface area (Å²) in [5, 5.41) is 9.77. The molecule has 1 aromatic heterocycles. The molecule has 0 aliphatic carbocycles. The zero-order chi connectivity index (χ0) is 22.2. The monoisotopic (exact) mass is 427 g/mol. The summed E-state index contributed by atoms with van der Waals surface area (Å²) < 4.78 is 27.3. The molecule has 3 N–H and O–H groups in total. The number of alkyl halides is 1. The van der Waals surface area contributed by atoms with Gasteiger partial charge in [0.15, 0.2) is 11.5 Å². The minimum Gasteiger partial charge on any atom is -0.394 e. The van der Waals surface area contributed by atoms with Gasteiger partial charge in [0, 0.05) is 31.6 Å². The number of aromatic nitrogens is 1. The Morgan fingerprint density at radius 3 is 2.77 bits per heavy atom. The molecule has 1 amide bonds. The van der Waals surface area contributed by atoms with E-state index in [1.54, 1.807) is 47.5 Å². The fourth-order valence-corrected chi connectivity index (χ4v) is 4.22. The van der Waals surface area contributed by atoms with Gasteiger partial charge >= 0.3 is 0 Å². The third kappa shape index (κ3) is 3.34. The van der Waals surface area contributed by atoms with Crippen LogP contribution in [0.3, 0.4) is 0 Å². The van der Waals surface area contributed by atoms with Crippen molar-refractivity contribution in [2.45, 2.75) is 18.0 Å². The average molecular weight is 427 g/mol. The second-order valence-electron chi connectivity index (χ2n) is 7.59. The summed E-state index contributed by atoms with van der Waals surface area (Å²) >= 11 is 0. The standard InChI is InChI=1S/C22H23F2N5O2/c1-28-20(31)22(27-21(28)25,16-11-17(13-30)29(12-16)9-7-23)15-5-2-4-14(10-15)18-6-3-8-26-19(18)24/h2-6,8,10,12,17,30H,7,9,11,13H2,1H3,(H2,25,27). The van der Waals surface area contributed by atoms with Crippen LogP contribution in [-0.4, -0.2) is 64.7 Å². The molecule has 2 aliphatic rings. The number of guanidine groups is 1. The molecular weight excluding hydrogens is 404 g/mol. The number of pyridine rings is 1. The molecule has 1 aromatic carbocycles. The number of likely N-dealkylation sites (N-methyl/N-ethyl adjacent to an activating group) is 1. The van der Waals surface area contributed by atoms with E-state index in [0.29, 0.717) is 28.7 Å². The summed E-state index contributed by atoms with van der Waals surface area (Å²) in [4.78, 5) is 24.6. The van der Waals surface area contributed by atoms with Gasteiger partial charge in [0.2, 0.25) is 5.95 Å². The van der Waals surface area contributed by atoms with Gasteiger partial charge in [0.05, 0.1) is 12.6 Å². The number of rotatable bonds is 6. The fourth-order valence-electron chi connectivity index (χ4n) is 4.22. The van der Waals surface area contributed by atoms with Gasteiger partial charge in [0.1, 0.15) is 6.67 Å². The Balaban J connectivity index is 1.87. The second kappa shape index (κ2) is 8.07. The lowest BCUT2D eigenvalue weighted by Crippen LogP contribution is -2.41. The zero-order valence-corrected chi connectivity index (χ0v) is 17.0. The van der Waals surface area contributed by atoms with Crippen molar-refractivity contribution in [1.82, 2.24) is 14.8 Å². The predicted molar refractivity (Wildman–Crippen MR) is 112 cm³/mol. The van der Waals surface area contributed by atoms with Crippen molar-refractivity contribution in [2.75, 3.05) is 26.9 Å². The van der Waals surface area contributed by atoms with Crippen LogP contribution in [0.15, 0.2) is 59.4 Å². The van der Waals surface area contributed by atoms with Gasteiger partial charge < -0.3 is 15.7 Å². The van der Waals surface area contributed by atoms with Crippen LogP contribution in [0.5, 0.6) is 0 Å². The Hall–Kier alpha value is -3.33. The van der Waals surface area contributed by atoms with E-state index in [0.717, 1.165) is 0 Å². The highest BCUT2D eigenvalue weighted by Crippen LogP contribution is 2.45. The quantitative estimate of drug-likeness (QED) is 0.686. The number of aliphatic hydroxyl groups excluding tert-OH is 1. The number of carbonyl (C=O) groups is 1. The van der Waals surface area contributed by atoms with Crippen LogP contribution < -0.4 is 5.73 Å². The van der Waals surface area contributed by atoms with Crippen LogP contribution in [0, 0.1) is 5.95 Å². The van der Waals surface area contributed by atoms with Crippen molar-refractivity contribution >= 4 is 11.9 Å². The van der Waals surface area contributed by atoms with E-state index >= 15 is 0 Å². The number of nitrogens with zero attached hydrogens (tertiary/aromatic N) is 4. The third-order valence-electron chi connectivity index (χ3n) is 5.85. The molecule has 0 saturated heterocycles. The van der Waals surface area contributed by atoms with E-state index in [2.05, 4.69) is 9.98 Å². The van der Waals surface area contributed by atoms with Crippen molar-refractivity contribution in [3.05, 3.63) is 65.9 Å². The first kappa shape index (κ1) is 20.9. The molecule has 2 aromatic rings. The maximum atomic E-state index is 14.3. The lowest BCUT2D eigenvalue weighted by molar-refractivity contribution is -0.129. The van der Waals surface area contributed by atoms with Crippen molar-refractivity contribution < 1.29 is 18.7 Å². The fraction of sp³-hybridized carbons (Fsp3) is 0.318. The first-order chi connectivity index (χ1) is 14.9. The van der Waals surface area contributed by atoms with Gasteiger partial charge in [-0.05, 0) is 41.3 Å². The Morgan fingerprint density at radius 1 is 1.32 bits per heavy atom. The highest BCUT2D eigenvalue weighted by Gasteiger charge is 2.52. The molecule has 4 rings (SSSR count). The van der Waals surface area contributed by atoms with E-state index in [9.17, 15) is 18.7 Å². The normalized spacial score (nSPS) is 23.4.